The standard InChI is InChI=1S/C16H13NO3/c18-13-8-5-12(6-9-13)16(20)17-14-4-2-1-3-11(14)7-10-15(17)19/h1-6,8-9,18H,7,10H2. The Morgan fingerprint density at radius 3 is 2.45 bits per heavy atom. The number of phenols is 1. The van der Waals surface area contributed by atoms with Crippen molar-refractivity contribution in [3.8, 4) is 5.75 Å². The molecule has 3 rings (SSSR count). The zero-order valence-corrected chi connectivity index (χ0v) is 10.7. The summed E-state index contributed by atoms with van der Waals surface area (Å²) in [4.78, 5) is 25.8. The van der Waals surface area contributed by atoms with Gasteiger partial charge in [0.2, 0.25) is 5.91 Å². The molecule has 4 nitrogen and oxygen atoms in total. The van der Waals surface area contributed by atoms with Crippen molar-refractivity contribution < 1.29 is 14.7 Å². The summed E-state index contributed by atoms with van der Waals surface area (Å²) >= 11 is 0. The molecule has 2 aromatic carbocycles. The average molecular weight is 267 g/mol. The molecule has 2 aromatic rings. The van der Waals surface area contributed by atoms with Crippen molar-refractivity contribution in [1.82, 2.24) is 0 Å². The lowest BCUT2D eigenvalue weighted by Crippen LogP contribution is -2.40. The monoisotopic (exact) mass is 267 g/mol. The Balaban J connectivity index is 2.02. The van der Waals surface area contributed by atoms with Crippen LogP contribution in [0.25, 0.3) is 0 Å². The third-order valence-corrected chi connectivity index (χ3v) is 3.41. The number of para-hydroxylation sites is 1. The highest BCUT2D eigenvalue weighted by atomic mass is 16.3. The van der Waals surface area contributed by atoms with Crippen LogP contribution in [0.3, 0.4) is 0 Å². The van der Waals surface area contributed by atoms with E-state index in [0.29, 0.717) is 24.1 Å². The molecular formula is C16H13NO3. The minimum absolute atomic E-state index is 0.0897. The number of carbonyl (C=O) groups excluding carboxylic acids is 2. The zero-order chi connectivity index (χ0) is 14.1. The van der Waals surface area contributed by atoms with E-state index in [9.17, 15) is 14.7 Å². The fourth-order valence-corrected chi connectivity index (χ4v) is 2.38. The molecule has 0 radical (unpaired) electrons. The fraction of sp³-hybridized carbons (Fsp3) is 0.125. The first-order valence-electron chi connectivity index (χ1n) is 6.41. The van der Waals surface area contributed by atoms with Crippen molar-refractivity contribution in [1.29, 1.82) is 0 Å². The first-order chi connectivity index (χ1) is 9.66. The van der Waals surface area contributed by atoms with E-state index < -0.39 is 0 Å². The van der Waals surface area contributed by atoms with Crippen molar-refractivity contribution >= 4 is 17.5 Å². The van der Waals surface area contributed by atoms with Gasteiger partial charge in [0.25, 0.3) is 5.91 Å². The second-order valence-electron chi connectivity index (χ2n) is 4.71. The third-order valence-electron chi connectivity index (χ3n) is 3.41. The van der Waals surface area contributed by atoms with Gasteiger partial charge < -0.3 is 5.11 Å². The fourth-order valence-electron chi connectivity index (χ4n) is 2.38. The highest BCUT2D eigenvalue weighted by Gasteiger charge is 2.29. The van der Waals surface area contributed by atoms with Crippen LogP contribution in [0.4, 0.5) is 5.69 Å². The van der Waals surface area contributed by atoms with Gasteiger partial charge in [-0.05, 0) is 42.3 Å². The maximum Gasteiger partial charge on any atom is 0.265 e. The third kappa shape index (κ3) is 2.05. The average Bonchev–Trinajstić information content (AvgIpc) is 2.47. The molecular weight excluding hydrogens is 254 g/mol. The molecule has 0 aromatic heterocycles. The van der Waals surface area contributed by atoms with E-state index in [-0.39, 0.29) is 17.6 Å². The summed E-state index contributed by atoms with van der Waals surface area (Å²) in [6, 6.07) is 13.3. The van der Waals surface area contributed by atoms with Gasteiger partial charge in [-0.15, -0.1) is 0 Å². The maximum absolute atomic E-state index is 12.5. The van der Waals surface area contributed by atoms with Gasteiger partial charge in [-0.3, -0.25) is 9.59 Å². The summed E-state index contributed by atoms with van der Waals surface area (Å²) in [5, 5.41) is 9.27. The molecule has 0 spiro atoms. The molecule has 0 bridgehead atoms. The van der Waals surface area contributed by atoms with Gasteiger partial charge in [-0.1, -0.05) is 18.2 Å². The van der Waals surface area contributed by atoms with Crippen LogP contribution in [-0.2, 0) is 11.2 Å². The predicted molar refractivity (Wildman–Crippen MR) is 74.7 cm³/mol. The van der Waals surface area contributed by atoms with Crippen LogP contribution in [0.5, 0.6) is 5.75 Å². The number of benzene rings is 2. The van der Waals surface area contributed by atoms with Gasteiger partial charge >= 0.3 is 0 Å². The Labute approximate surface area is 116 Å². The number of aromatic hydroxyl groups is 1. The number of rotatable bonds is 1. The molecule has 4 heteroatoms. The summed E-state index contributed by atoms with van der Waals surface area (Å²) in [5.74, 6) is -0.462. The summed E-state index contributed by atoms with van der Waals surface area (Å²) < 4.78 is 0. The van der Waals surface area contributed by atoms with Gasteiger partial charge in [-0.25, -0.2) is 4.90 Å². The Morgan fingerprint density at radius 1 is 1.00 bits per heavy atom. The van der Waals surface area contributed by atoms with E-state index in [1.54, 1.807) is 6.07 Å². The van der Waals surface area contributed by atoms with Gasteiger partial charge in [0.1, 0.15) is 5.75 Å². The van der Waals surface area contributed by atoms with Crippen molar-refractivity contribution in [3.63, 3.8) is 0 Å². The number of anilines is 1. The van der Waals surface area contributed by atoms with E-state index in [2.05, 4.69) is 0 Å². The number of fused-ring (bicyclic) bond motifs is 1. The van der Waals surface area contributed by atoms with Gasteiger partial charge in [0.05, 0.1) is 5.69 Å². The lowest BCUT2D eigenvalue weighted by molar-refractivity contribution is -0.118. The molecule has 2 amide bonds. The van der Waals surface area contributed by atoms with Crippen molar-refractivity contribution in [2.24, 2.45) is 0 Å². The lowest BCUT2D eigenvalue weighted by atomic mass is 10.0. The molecule has 0 atom stereocenters. The van der Waals surface area contributed by atoms with Crippen LogP contribution in [0.2, 0.25) is 0 Å². The first kappa shape index (κ1) is 12.4. The molecule has 1 aliphatic heterocycles. The van der Waals surface area contributed by atoms with E-state index in [1.807, 2.05) is 18.2 Å². The zero-order valence-electron chi connectivity index (χ0n) is 10.7. The first-order valence-corrected chi connectivity index (χ1v) is 6.41. The van der Waals surface area contributed by atoms with Crippen LogP contribution >= 0.6 is 0 Å². The van der Waals surface area contributed by atoms with Gasteiger partial charge in [-0.2, -0.15) is 0 Å². The summed E-state index contributed by atoms with van der Waals surface area (Å²) in [5.41, 5.74) is 2.04. The summed E-state index contributed by atoms with van der Waals surface area (Å²) in [7, 11) is 0. The quantitative estimate of drug-likeness (QED) is 0.808. The second kappa shape index (κ2) is 4.81. The number of imide groups is 1. The van der Waals surface area contributed by atoms with Gasteiger partial charge in [0, 0.05) is 12.0 Å². The Hall–Kier alpha value is -2.62. The van der Waals surface area contributed by atoms with Crippen LogP contribution in [-0.4, -0.2) is 16.9 Å². The Bertz CT molecular complexity index is 676. The van der Waals surface area contributed by atoms with E-state index >= 15 is 0 Å². The summed E-state index contributed by atoms with van der Waals surface area (Å²) in [6.07, 6.45) is 0.995. The van der Waals surface area contributed by atoms with E-state index in [1.165, 1.54) is 29.2 Å². The molecule has 1 aliphatic rings. The number of hydrogen-bond acceptors (Lipinski definition) is 3. The molecule has 1 heterocycles. The van der Waals surface area contributed by atoms with Crippen LogP contribution in [0, 0.1) is 0 Å². The van der Waals surface area contributed by atoms with Crippen molar-refractivity contribution in [2.45, 2.75) is 12.8 Å². The van der Waals surface area contributed by atoms with Gasteiger partial charge in [0.15, 0.2) is 0 Å². The highest BCUT2D eigenvalue weighted by Crippen LogP contribution is 2.29. The topological polar surface area (TPSA) is 57.6 Å². The van der Waals surface area contributed by atoms with Crippen LogP contribution < -0.4 is 4.90 Å². The summed E-state index contributed by atoms with van der Waals surface area (Å²) in [6.45, 7) is 0. The highest BCUT2D eigenvalue weighted by molar-refractivity contribution is 6.22. The predicted octanol–water partition coefficient (Wildman–Crippen LogP) is 2.51. The normalized spacial score (nSPS) is 14.0. The second-order valence-corrected chi connectivity index (χ2v) is 4.71. The molecule has 0 saturated heterocycles. The number of aryl methyl sites for hydroxylation is 1. The SMILES string of the molecule is O=C1CCc2ccccc2N1C(=O)c1ccc(O)cc1. The van der Waals surface area contributed by atoms with E-state index in [4.69, 9.17) is 0 Å². The largest absolute Gasteiger partial charge is 0.508 e. The number of phenolic OH excluding ortho intramolecular Hbond substituents is 1. The molecule has 0 aliphatic carbocycles. The number of amides is 2. The molecule has 0 saturated carbocycles. The molecule has 100 valence electrons. The smallest absolute Gasteiger partial charge is 0.265 e. The number of carbonyl (C=O) groups is 2. The van der Waals surface area contributed by atoms with Crippen molar-refractivity contribution in [2.75, 3.05) is 4.90 Å². The Kier molecular flexibility index (Phi) is 2.99. The van der Waals surface area contributed by atoms with Crippen molar-refractivity contribution in [3.05, 3.63) is 59.7 Å². The van der Waals surface area contributed by atoms with Crippen LogP contribution in [0.15, 0.2) is 48.5 Å². The van der Waals surface area contributed by atoms with Crippen LogP contribution in [0.1, 0.15) is 22.3 Å². The minimum atomic E-state index is -0.359. The molecule has 0 fully saturated rings. The lowest BCUT2D eigenvalue weighted by Gasteiger charge is -2.27. The maximum atomic E-state index is 12.5. The minimum Gasteiger partial charge on any atom is -0.508 e. The van der Waals surface area contributed by atoms with E-state index in [0.717, 1.165) is 5.56 Å². The number of nitrogens with zero attached hydrogens (tertiary/aromatic N) is 1. The Morgan fingerprint density at radius 2 is 1.70 bits per heavy atom. The molecule has 1 N–H and O–H groups in total. The number of hydrogen-bond donors (Lipinski definition) is 1. The molecule has 20 heavy (non-hydrogen) atoms. The molecule has 0 unspecified atom stereocenters.